The van der Waals surface area contributed by atoms with Crippen LogP contribution in [0.15, 0.2) is 38.9 Å². The maximum Gasteiger partial charge on any atom is 0.263 e. The van der Waals surface area contributed by atoms with Gasteiger partial charge in [0.25, 0.3) is 5.56 Å². The van der Waals surface area contributed by atoms with Crippen LogP contribution in [-0.2, 0) is 4.79 Å². The molecule has 5 nitrogen and oxygen atoms in total. The Morgan fingerprint density at radius 3 is 2.62 bits per heavy atom. The zero-order valence-electron chi connectivity index (χ0n) is 13.2. The van der Waals surface area contributed by atoms with Gasteiger partial charge in [0.2, 0.25) is 5.91 Å². The number of aromatic nitrogens is 2. The highest BCUT2D eigenvalue weighted by Gasteiger charge is 2.22. The Morgan fingerprint density at radius 1 is 1.38 bits per heavy atom. The quantitative estimate of drug-likeness (QED) is 0.719. The number of aryl methyl sites for hydroxylation is 1. The van der Waals surface area contributed by atoms with Gasteiger partial charge in [0.05, 0.1) is 5.39 Å². The molecule has 0 saturated heterocycles. The molecule has 0 radical (unpaired) electrons. The second kappa shape index (κ2) is 6.49. The number of nitrogens with zero attached hydrogens (tertiary/aromatic N) is 2. The number of thiophene rings is 1. The van der Waals surface area contributed by atoms with Gasteiger partial charge in [0, 0.05) is 15.4 Å². The summed E-state index contributed by atoms with van der Waals surface area (Å²) in [6.07, 6.45) is 0.445. The average Bonchev–Trinajstić information content (AvgIpc) is 2.95. The second-order valence-electron chi connectivity index (χ2n) is 5.50. The number of nitrogens with two attached hydrogens (primary N) is 1. The molecule has 0 aliphatic heterocycles. The lowest BCUT2D eigenvalue weighted by molar-refractivity contribution is -0.121. The van der Waals surface area contributed by atoms with Crippen LogP contribution in [-0.4, -0.2) is 15.5 Å². The van der Waals surface area contributed by atoms with E-state index in [2.05, 4.69) is 20.9 Å². The molecule has 1 atom stereocenters. The summed E-state index contributed by atoms with van der Waals surface area (Å²) >= 11 is 4.84. The van der Waals surface area contributed by atoms with Crippen molar-refractivity contribution in [3.63, 3.8) is 0 Å². The van der Waals surface area contributed by atoms with Gasteiger partial charge in [-0.25, -0.2) is 4.98 Å². The van der Waals surface area contributed by atoms with E-state index < -0.39 is 11.9 Å². The van der Waals surface area contributed by atoms with E-state index in [0.29, 0.717) is 22.5 Å². The third-order valence-electron chi connectivity index (χ3n) is 4.00. The zero-order valence-corrected chi connectivity index (χ0v) is 15.6. The number of amides is 1. The molecule has 7 heteroatoms. The SMILES string of the molecule is CCC(C(N)=O)n1c(C)nc2scc(-c3ccc(Br)cc3)c2c1=O. The first-order valence-corrected chi connectivity index (χ1v) is 9.17. The largest absolute Gasteiger partial charge is 0.368 e. The first-order chi connectivity index (χ1) is 11.4. The van der Waals surface area contributed by atoms with Gasteiger partial charge >= 0.3 is 0 Å². The highest BCUT2D eigenvalue weighted by molar-refractivity contribution is 9.10. The summed E-state index contributed by atoms with van der Waals surface area (Å²) < 4.78 is 2.39. The molecule has 124 valence electrons. The molecule has 0 saturated carbocycles. The molecule has 0 bridgehead atoms. The molecule has 1 amide bonds. The van der Waals surface area contributed by atoms with Gasteiger partial charge in [-0.05, 0) is 31.0 Å². The zero-order chi connectivity index (χ0) is 17.4. The first kappa shape index (κ1) is 16.9. The van der Waals surface area contributed by atoms with Crippen molar-refractivity contribution in [2.24, 2.45) is 5.73 Å². The Hall–Kier alpha value is -1.99. The number of hydrogen-bond donors (Lipinski definition) is 1. The first-order valence-electron chi connectivity index (χ1n) is 7.49. The van der Waals surface area contributed by atoms with E-state index in [1.54, 1.807) is 6.92 Å². The third-order valence-corrected chi connectivity index (χ3v) is 5.40. The topological polar surface area (TPSA) is 78.0 Å². The molecular weight excluding hydrogens is 390 g/mol. The molecule has 0 fully saturated rings. The normalized spacial score (nSPS) is 12.5. The van der Waals surface area contributed by atoms with E-state index in [0.717, 1.165) is 15.6 Å². The average molecular weight is 406 g/mol. The summed E-state index contributed by atoms with van der Waals surface area (Å²) in [4.78, 5) is 30.0. The summed E-state index contributed by atoms with van der Waals surface area (Å²) in [6, 6.07) is 7.06. The smallest absolute Gasteiger partial charge is 0.263 e. The lowest BCUT2D eigenvalue weighted by atomic mass is 10.1. The molecule has 3 rings (SSSR count). The van der Waals surface area contributed by atoms with Crippen molar-refractivity contribution in [2.45, 2.75) is 26.3 Å². The van der Waals surface area contributed by atoms with Crippen molar-refractivity contribution >= 4 is 43.4 Å². The Labute approximate surface area is 151 Å². The molecule has 24 heavy (non-hydrogen) atoms. The fraction of sp³-hybridized carbons (Fsp3) is 0.235. The Bertz CT molecular complexity index is 976. The molecular formula is C17H16BrN3O2S. The van der Waals surface area contributed by atoms with E-state index >= 15 is 0 Å². The van der Waals surface area contributed by atoms with E-state index in [4.69, 9.17) is 5.73 Å². The summed E-state index contributed by atoms with van der Waals surface area (Å²) in [6.45, 7) is 3.56. The Morgan fingerprint density at radius 2 is 2.04 bits per heavy atom. The van der Waals surface area contributed by atoms with Crippen molar-refractivity contribution < 1.29 is 4.79 Å². The number of primary amides is 1. The van der Waals surface area contributed by atoms with Gasteiger partial charge in [-0.1, -0.05) is 35.0 Å². The van der Waals surface area contributed by atoms with Crippen LogP contribution in [0.25, 0.3) is 21.3 Å². The van der Waals surface area contributed by atoms with Crippen molar-refractivity contribution in [1.82, 2.24) is 9.55 Å². The molecule has 3 aromatic rings. The summed E-state index contributed by atoms with van der Waals surface area (Å²) in [5.41, 5.74) is 7.02. The highest BCUT2D eigenvalue weighted by Crippen LogP contribution is 2.32. The molecule has 0 aliphatic rings. The minimum Gasteiger partial charge on any atom is -0.368 e. The number of carbonyl (C=O) groups excluding carboxylic acids is 1. The molecule has 0 aliphatic carbocycles. The molecule has 2 aromatic heterocycles. The molecule has 2 heterocycles. The van der Waals surface area contributed by atoms with Crippen molar-refractivity contribution in [3.8, 4) is 11.1 Å². The van der Waals surface area contributed by atoms with Crippen molar-refractivity contribution in [2.75, 3.05) is 0 Å². The summed E-state index contributed by atoms with van der Waals surface area (Å²) in [5.74, 6) is -0.0216. The van der Waals surface area contributed by atoms with E-state index in [1.165, 1.54) is 15.9 Å². The van der Waals surface area contributed by atoms with Gasteiger partial charge in [-0.3, -0.25) is 14.2 Å². The van der Waals surface area contributed by atoms with Crippen molar-refractivity contribution in [3.05, 3.63) is 50.3 Å². The van der Waals surface area contributed by atoms with Gasteiger partial charge < -0.3 is 5.73 Å². The fourth-order valence-electron chi connectivity index (χ4n) is 2.82. The molecule has 1 aromatic carbocycles. The van der Waals surface area contributed by atoms with Gasteiger partial charge in [0.1, 0.15) is 16.7 Å². The van der Waals surface area contributed by atoms with E-state index in [1.807, 2.05) is 36.6 Å². The minimum absolute atomic E-state index is 0.220. The summed E-state index contributed by atoms with van der Waals surface area (Å²) in [7, 11) is 0. The van der Waals surface area contributed by atoms with E-state index in [-0.39, 0.29) is 5.56 Å². The number of benzene rings is 1. The van der Waals surface area contributed by atoms with Gasteiger partial charge in [0.15, 0.2) is 0 Å². The predicted octanol–water partition coefficient (Wildman–Crippen LogP) is 3.63. The second-order valence-corrected chi connectivity index (χ2v) is 7.27. The van der Waals surface area contributed by atoms with Crippen molar-refractivity contribution in [1.29, 1.82) is 0 Å². The predicted molar refractivity (Wildman–Crippen MR) is 100 cm³/mol. The maximum atomic E-state index is 13.1. The number of carbonyl (C=O) groups is 1. The van der Waals surface area contributed by atoms with Crippen LogP contribution < -0.4 is 11.3 Å². The van der Waals surface area contributed by atoms with Crippen LogP contribution in [0.5, 0.6) is 0 Å². The minimum atomic E-state index is -0.688. The third kappa shape index (κ3) is 2.78. The fourth-order valence-corrected chi connectivity index (χ4v) is 4.07. The van der Waals surface area contributed by atoms with Crippen LogP contribution in [0.3, 0.4) is 0 Å². The van der Waals surface area contributed by atoms with Crippen LogP contribution >= 0.6 is 27.3 Å². The van der Waals surface area contributed by atoms with Crippen LogP contribution in [0.1, 0.15) is 25.2 Å². The Kier molecular flexibility index (Phi) is 4.56. The van der Waals surface area contributed by atoms with Crippen LogP contribution in [0, 0.1) is 6.92 Å². The maximum absolute atomic E-state index is 13.1. The monoisotopic (exact) mass is 405 g/mol. The summed E-state index contributed by atoms with van der Waals surface area (Å²) in [5, 5.41) is 2.46. The number of rotatable bonds is 4. The van der Waals surface area contributed by atoms with Gasteiger partial charge in [-0.2, -0.15) is 0 Å². The Balaban J connectivity index is 2.30. The molecule has 2 N–H and O–H groups in total. The number of halogens is 1. The van der Waals surface area contributed by atoms with E-state index in [9.17, 15) is 9.59 Å². The number of fused-ring (bicyclic) bond motifs is 1. The lowest BCUT2D eigenvalue weighted by Gasteiger charge is -2.17. The number of hydrogen-bond acceptors (Lipinski definition) is 4. The molecule has 0 spiro atoms. The lowest BCUT2D eigenvalue weighted by Crippen LogP contribution is -2.35. The van der Waals surface area contributed by atoms with Crippen LogP contribution in [0.4, 0.5) is 0 Å². The highest BCUT2D eigenvalue weighted by atomic mass is 79.9. The van der Waals surface area contributed by atoms with Gasteiger partial charge in [-0.15, -0.1) is 11.3 Å². The van der Waals surface area contributed by atoms with Crippen LogP contribution in [0.2, 0.25) is 0 Å². The molecule has 1 unspecified atom stereocenters. The standard InChI is InChI=1S/C17H16BrN3O2S/c1-3-13(15(19)22)21-9(2)20-16-14(17(21)23)12(8-24-16)10-4-6-11(18)7-5-10/h4-8,13H,3H2,1-2H3,(H2,19,22).